The third-order valence-electron chi connectivity index (χ3n) is 4.28. The topological polar surface area (TPSA) is 24.9 Å². The second-order valence-corrected chi connectivity index (χ2v) is 6.77. The monoisotopic (exact) mass is 278 g/mol. The first kappa shape index (κ1) is 12.9. The van der Waals surface area contributed by atoms with Crippen LogP contribution in [-0.4, -0.2) is 11.0 Å². The molecule has 0 spiro atoms. The maximum Gasteiger partial charge on any atom is 0.184 e. The summed E-state index contributed by atoms with van der Waals surface area (Å²) in [6.07, 6.45) is 3.68. The lowest BCUT2D eigenvalue weighted by Crippen LogP contribution is -2.30. The van der Waals surface area contributed by atoms with Gasteiger partial charge < -0.3 is 5.32 Å². The first-order valence-electron chi connectivity index (χ1n) is 6.94. The number of anilines is 1. The Kier molecular flexibility index (Phi) is 3.44. The van der Waals surface area contributed by atoms with E-state index in [2.05, 4.69) is 24.1 Å². The lowest BCUT2D eigenvalue weighted by atomic mass is 9.79. The molecule has 1 aromatic heterocycles. The molecule has 3 atom stereocenters. The molecule has 1 heterocycles. The fourth-order valence-electron chi connectivity index (χ4n) is 2.82. The minimum Gasteiger partial charge on any atom is -0.359 e. The Morgan fingerprint density at radius 2 is 2.11 bits per heavy atom. The Labute approximate surface area is 117 Å². The molecule has 0 aliphatic heterocycles. The summed E-state index contributed by atoms with van der Waals surface area (Å²) in [6, 6.07) is 5.31. The summed E-state index contributed by atoms with van der Waals surface area (Å²) in [5, 5.41) is 4.45. The first-order chi connectivity index (χ1) is 9.11. The number of halogens is 1. The number of hydrogen-bond donors (Lipinski definition) is 1. The van der Waals surface area contributed by atoms with Gasteiger partial charge in [-0.2, -0.15) is 0 Å². The minimum absolute atomic E-state index is 0.218. The van der Waals surface area contributed by atoms with E-state index in [1.165, 1.54) is 31.4 Å². The van der Waals surface area contributed by atoms with Gasteiger partial charge in [0.05, 0.1) is 10.2 Å². The van der Waals surface area contributed by atoms with Crippen LogP contribution in [0.3, 0.4) is 0 Å². The molecule has 19 heavy (non-hydrogen) atoms. The zero-order valence-corrected chi connectivity index (χ0v) is 12.1. The van der Waals surface area contributed by atoms with Crippen molar-refractivity contribution in [1.82, 2.24) is 4.98 Å². The van der Waals surface area contributed by atoms with Gasteiger partial charge in [-0.05, 0) is 43.2 Å². The van der Waals surface area contributed by atoms with Gasteiger partial charge in [-0.1, -0.05) is 25.2 Å². The molecule has 1 aliphatic carbocycles. The van der Waals surface area contributed by atoms with Gasteiger partial charge in [0.25, 0.3) is 0 Å². The lowest BCUT2D eigenvalue weighted by molar-refractivity contribution is 0.261. The summed E-state index contributed by atoms with van der Waals surface area (Å²) >= 11 is 1.61. The second kappa shape index (κ2) is 5.08. The van der Waals surface area contributed by atoms with Crippen LogP contribution < -0.4 is 5.32 Å². The average molecular weight is 278 g/mol. The smallest absolute Gasteiger partial charge is 0.184 e. The van der Waals surface area contributed by atoms with Crippen molar-refractivity contribution in [2.24, 2.45) is 11.8 Å². The van der Waals surface area contributed by atoms with Crippen LogP contribution in [0.25, 0.3) is 10.2 Å². The molecule has 4 heteroatoms. The van der Waals surface area contributed by atoms with Gasteiger partial charge >= 0.3 is 0 Å². The average Bonchev–Trinajstić information content (AvgIpc) is 2.75. The van der Waals surface area contributed by atoms with Crippen LogP contribution in [0.5, 0.6) is 0 Å². The maximum atomic E-state index is 13.1. The van der Waals surface area contributed by atoms with Gasteiger partial charge in [-0.15, -0.1) is 0 Å². The highest BCUT2D eigenvalue weighted by molar-refractivity contribution is 7.22. The summed E-state index contributed by atoms with van der Waals surface area (Å²) in [7, 11) is 0. The molecule has 0 amide bonds. The number of fused-ring (bicyclic) bond motifs is 1. The fraction of sp³-hybridized carbons (Fsp3) is 0.533. The molecular weight excluding hydrogens is 259 g/mol. The Bertz CT molecular complexity index is 581. The van der Waals surface area contributed by atoms with Crippen molar-refractivity contribution >= 4 is 26.7 Å². The van der Waals surface area contributed by atoms with E-state index < -0.39 is 0 Å². The molecule has 3 unspecified atom stereocenters. The summed E-state index contributed by atoms with van der Waals surface area (Å²) in [5.74, 6) is 1.37. The van der Waals surface area contributed by atoms with Crippen molar-refractivity contribution < 1.29 is 4.39 Å². The highest BCUT2D eigenvalue weighted by Gasteiger charge is 2.24. The zero-order chi connectivity index (χ0) is 13.4. The molecule has 1 aliphatic rings. The van der Waals surface area contributed by atoms with Crippen molar-refractivity contribution in [3.05, 3.63) is 24.0 Å². The standard InChI is InChI=1S/C15H19FN2S/c1-9-3-5-12(7-10(9)2)17-15-18-13-8-11(16)4-6-14(13)19-15/h4,6,8-10,12H,3,5,7H2,1-2H3,(H,17,18). The van der Waals surface area contributed by atoms with E-state index in [9.17, 15) is 4.39 Å². The van der Waals surface area contributed by atoms with Crippen LogP contribution in [0.2, 0.25) is 0 Å². The number of nitrogens with one attached hydrogen (secondary N) is 1. The predicted molar refractivity (Wildman–Crippen MR) is 79.2 cm³/mol. The molecule has 2 nitrogen and oxygen atoms in total. The molecule has 1 saturated carbocycles. The lowest BCUT2D eigenvalue weighted by Gasteiger charge is -2.32. The van der Waals surface area contributed by atoms with Gasteiger partial charge in [0.1, 0.15) is 5.82 Å². The summed E-state index contributed by atoms with van der Waals surface area (Å²) in [6.45, 7) is 4.66. The highest BCUT2D eigenvalue weighted by atomic mass is 32.1. The number of aromatic nitrogens is 1. The van der Waals surface area contributed by atoms with E-state index in [4.69, 9.17) is 0 Å². The quantitative estimate of drug-likeness (QED) is 0.863. The van der Waals surface area contributed by atoms with Gasteiger partial charge in [0.2, 0.25) is 0 Å². The number of thiazole rings is 1. The maximum absolute atomic E-state index is 13.1. The van der Waals surface area contributed by atoms with Crippen LogP contribution in [0, 0.1) is 17.7 Å². The number of benzene rings is 1. The number of hydrogen-bond acceptors (Lipinski definition) is 3. The van der Waals surface area contributed by atoms with Gasteiger partial charge in [-0.3, -0.25) is 0 Å². The second-order valence-electron chi connectivity index (χ2n) is 5.74. The van der Waals surface area contributed by atoms with Gasteiger partial charge in [-0.25, -0.2) is 9.37 Å². The fourth-order valence-corrected chi connectivity index (χ4v) is 3.74. The Morgan fingerprint density at radius 1 is 1.26 bits per heavy atom. The van der Waals surface area contributed by atoms with E-state index in [0.717, 1.165) is 27.2 Å². The molecule has 0 radical (unpaired) electrons. The van der Waals surface area contributed by atoms with Crippen LogP contribution in [0.4, 0.5) is 9.52 Å². The van der Waals surface area contributed by atoms with Crippen molar-refractivity contribution in [3.63, 3.8) is 0 Å². The minimum atomic E-state index is -0.218. The summed E-state index contributed by atoms with van der Waals surface area (Å²) in [5.41, 5.74) is 0.754. The third-order valence-corrected chi connectivity index (χ3v) is 5.24. The zero-order valence-electron chi connectivity index (χ0n) is 11.3. The van der Waals surface area contributed by atoms with Crippen molar-refractivity contribution in [2.75, 3.05) is 5.32 Å². The normalized spacial score (nSPS) is 27.6. The molecule has 1 N–H and O–H groups in total. The summed E-state index contributed by atoms with van der Waals surface area (Å²) in [4.78, 5) is 4.48. The van der Waals surface area contributed by atoms with E-state index in [1.54, 1.807) is 17.4 Å². The number of nitrogens with zero attached hydrogens (tertiary/aromatic N) is 1. The van der Waals surface area contributed by atoms with Crippen LogP contribution in [0.1, 0.15) is 33.1 Å². The predicted octanol–water partition coefficient (Wildman–Crippen LogP) is 4.67. The van der Waals surface area contributed by atoms with E-state index in [0.29, 0.717) is 6.04 Å². The molecule has 102 valence electrons. The highest BCUT2D eigenvalue weighted by Crippen LogP contribution is 2.33. The Hall–Kier alpha value is -1.16. The Morgan fingerprint density at radius 3 is 2.89 bits per heavy atom. The molecular formula is C15H19FN2S. The molecule has 3 rings (SSSR count). The SMILES string of the molecule is CC1CCC(Nc2nc3cc(F)ccc3s2)CC1C. The van der Waals surface area contributed by atoms with Crippen molar-refractivity contribution in [2.45, 2.75) is 39.2 Å². The first-order valence-corrected chi connectivity index (χ1v) is 7.76. The van der Waals surface area contributed by atoms with Crippen LogP contribution in [0.15, 0.2) is 18.2 Å². The van der Waals surface area contributed by atoms with Gasteiger partial charge in [0, 0.05) is 12.1 Å². The largest absolute Gasteiger partial charge is 0.359 e. The van der Waals surface area contributed by atoms with Crippen molar-refractivity contribution in [3.8, 4) is 0 Å². The molecule has 0 saturated heterocycles. The van der Waals surface area contributed by atoms with Crippen LogP contribution in [-0.2, 0) is 0 Å². The molecule has 1 fully saturated rings. The van der Waals surface area contributed by atoms with E-state index in [-0.39, 0.29) is 5.82 Å². The van der Waals surface area contributed by atoms with Gasteiger partial charge in [0.15, 0.2) is 5.13 Å². The van der Waals surface area contributed by atoms with E-state index in [1.807, 2.05) is 0 Å². The number of rotatable bonds is 2. The molecule has 1 aromatic carbocycles. The van der Waals surface area contributed by atoms with Crippen molar-refractivity contribution in [1.29, 1.82) is 0 Å². The summed E-state index contributed by atoms with van der Waals surface area (Å²) < 4.78 is 14.2. The van der Waals surface area contributed by atoms with Crippen LogP contribution >= 0.6 is 11.3 Å². The molecule has 2 aromatic rings. The third kappa shape index (κ3) is 2.73. The Balaban J connectivity index is 1.74. The van der Waals surface area contributed by atoms with E-state index >= 15 is 0 Å². The molecule has 0 bridgehead atoms.